The van der Waals surface area contributed by atoms with E-state index in [0.717, 1.165) is 69.9 Å². The molecule has 0 bridgehead atoms. The minimum atomic E-state index is 0.310. The van der Waals surface area contributed by atoms with E-state index in [9.17, 15) is 4.79 Å². The molecule has 2 aliphatic heterocycles. The van der Waals surface area contributed by atoms with Gasteiger partial charge in [-0.25, -0.2) is 0 Å². The monoisotopic (exact) mass is 344 g/mol. The van der Waals surface area contributed by atoms with Gasteiger partial charge in [-0.3, -0.25) is 4.79 Å². The maximum atomic E-state index is 11.7. The topological polar surface area (TPSA) is 75.9 Å². The molecule has 0 atom stereocenters. The average Bonchev–Trinajstić information content (AvgIpc) is 3.26. The van der Waals surface area contributed by atoms with Crippen molar-refractivity contribution in [3.63, 3.8) is 0 Å². The fourth-order valence-electron chi connectivity index (χ4n) is 3.77. The number of methoxy groups -OCH3 is 1. The van der Waals surface area contributed by atoms with Gasteiger partial charge in [0, 0.05) is 38.0 Å². The Kier molecular flexibility index (Phi) is 4.52. The number of fused-ring (bicyclic) bond motifs is 1. The summed E-state index contributed by atoms with van der Waals surface area (Å²) in [5, 5.41) is 13.0. The minimum Gasteiger partial charge on any atom is -0.480 e. The molecule has 0 spiro atoms. The van der Waals surface area contributed by atoms with E-state index in [1.54, 1.807) is 13.2 Å². The Balaban J connectivity index is 1.36. The van der Waals surface area contributed by atoms with Crippen molar-refractivity contribution in [1.82, 2.24) is 29.6 Å². The third-order valence-corrected chi connectivity index (χ3v) is 5.28. The van der Waals surface area contributed by atoms with Gasteiger partial charge in [-0.2, -0.15) is 4.52 Å². The number of hydrogen-bond acceptors (Lipinski definition) is 6. The maximum absolute atomic E-state index is 11.7. The van der Waals surface area contributed by atoms with Crippen LogP contribution in [0.3, 0.4) is 0 Å². The van der Waals surface area contributed by atoms with E-state index in [4.69, 9.17) is 4.74 Å². The highest BCUT2D eigenvalue weighted by Crippen LogP contribution is 2.27. The van der Waals surface area contributed by atoms with E-state index >= 15 is 0 Å². The zero-order valence-corrected chi connectivity index (χ0v) is 14.6. The number of rotatable bonds is 5. The van der Waals surface area contributed by atoms with Gasteiger partial charge >= 0.3 is 0 Å². The molecule has 8 nitrogen and oxygen atoms in total. The van der Waals surface area contributed by atoms with Crippen LogP contribution in [0.1, 0.15) is 37.4 Å². The standard InChI is InChI=1S/C17H24N6O2/c1-25-15-5-4-14-18-19-17(23(14)20-15)13-6-9-21(10-7-13)11-12-22-8-2-3-16(22)24/h4-5,13H,2-3,6-12H2,1H3. The summed E-state index contributed by atoms with van der Waals surface area (Å²) in [7, 11) is 1.61. The average molecular weight is 344 g/mol. The number of ether oxygens (including phenoxy) is 1. The Labute approximate surface area is 146 Å². The molecule has 0 unspecified atom stereocenters. The zero-order valence-electron chi connectivity index (χ0n) is 14.6. The molecule has 0 aromatic carbocycles. The van der Waals surface area contributed by atoms with E-state index in [0.29, 0.717) is 17.7 Å². The van der Waals surface area contributed by atoms with Crippen LogP contribution in [-0.4, -0.2) is 75.4 Å². The summed E-state index contributed by atoms with van der Waals surface area (Å²) in [5.74, 6) is 2.16. The summed E-state index contributed by atoms with van der Waals surface area (Å²) < 4.78 is 7.02. The largest absolute Gasteiger partial charge is 0.480 e. The molecule has 0 aliphatic carbocycles. The Hall–Kier alpha value is -2.22. The first-order valence-electron chi connectivity index (χ1n) is 9.01. The van der Waals surface area contributed by atoms with Crippen molar-refractivity contribution in [3.05, 3.63) is 18.0 Å². The lowest BCUT2D eigenvalue weighted by Crippen LogP contribution is -2.40. The van der Waals surface area contributed by atoms with Gasteiger partial charge in [-0.15, -0.1) is 15.3 Å². The smallest absolute Gasteiger partial charge is 0.231 e. The lowest BCUT2D eigenvalue weighted by atomic mass is 9.96. The van der Waals surface area contributed by atoms with Crippen molar-refractivity contribution in [2.24, 2.45) is 0 Å². The van der Waals surface area contributed by atoms with E-state index in [1.165, 1.54) is 0 Å². The molecule has 1 amide bonds. The second-order valence-corrected chi connectivity index (χ2v) is 6.80. The summed E-state index contributed by atoms with van der Waals surface area (Å²) >= 11 is 0. The highest BCUT2D eigenvalue weighted by molar-refractivity contribution is 5.78. The number of piperidine rings is 1. The lowest BCUT2D eigenvalue weighted by molar-refractivity contribution is -0.127. The summed E-state index contributed by atoms with van der Waals surface area (Å²) in [6.07, 6.45) is 3.80. The predicted molar refractivity (Wildman–Crippen MR) is 91.6 cm³/mol. The molecule has 2 aromatic rings. The van der Waals surface area contributed by atoms with E-state index in [1.807, 2.05) is 15.5 Å². The van der Waals surface area contributed by atoms with Crippen LogP contribution >= 0.6 is 0 Å². The fraction of sp³-hybridized carbons (Fsp3) is 0.647. The van der Waals surface area contributed by atoms with Crippen molar-refractivity contribution in [2.75, 3.05) is 39.8 Å². The minimum absolute atomic E-state index is 0.310. The third-order valence-electron chi connectivity index (χ3n) is 5.28. The maximum Gasteiger partial charge on any atom is 0.231 e. The Morgan fingerprint density at radius 3 is 2.72 bits per heavy atom. The van der Waals surface area contributed by atoms with Gasteiger partial charge in [-0.1, -0.05) is 0 Å². The van der Waals surface area contributed by atoms with Crippen LogP contribution in [0.15, 0.2) is 12.1 Å². The molecular formula is C17H24N6O2. The first kappa shape index (κ1) is 16.3. The van der Waals surface area contributed by atoms with Gasteiger partial charge in [0.05, 0.1) is 7.11 Å². The molecule has 0 radical (unpaired) electrons. The molecule has 2 saturated heterocycles. The third kappa shape index (κ3) is 3.30. The zero-order chi connectivity index (χ0) is 17.2. The molecule has 4 heterocycles. The number of nitrogens with zero attached hydrogens (tertiary/aromatic N) is 6. The van der Waals surface area contributed by atoms with Crippen LogP contribution in [0.4, 0.5) is 0 Å². The second-order valence-electron chi connectivity index (χ2n) is 6.80. The van der Waals surface area contributed by atoms with E-state index in [2.05, 4.69) is 20.2 Å². The Morgan fingerprint density at radius 1 is 1.16 bits per heavy atom. The molecule has 2 fully saturated rings. The summed E-state index contributed by atoms with van der Waals surface area (Å²) in [4.78, 5) is 16.1. The van der Waals surface area contributed by atoms with Crippen LogP contribution in [0.2, 0.25) is 0 Å². The Morgan fingerprint density at radius 2 is 2.00 bits per heavy atom. The first-order chi connectivity index (χ1) is 12.2. The predicted octanol–water partition coefficient (Wildman–Crippen LogP) is 0.935. The lowest BCUT2D eigenvalue weighted by Gasteiger charge is -2.32. The van der Waals surface area contributed by atoms with Crippen LogP contribution in [0.25, 0.3) is 5.65 Å². The van der Waals surface area contributed by atoms with E-state index < -0.39 is 0 Å². The fourth-order valence-corrected chi connectivity index (χ4v) is 3.77. The molecule has 134 valence electrons. The van der Waals surface area contributed by atoms with Gasteiger partial charge in [0.15, 0.2) is 11.5 Å². The van der Waals surface area contributed by atoms with Crippen molar-refractivity contribution < 1.29 is 9.53 Å². The number of aromatic nitrogens is 4. The van der Waals surface area contributed by atoms with Crippen LogP contribution in [0.5, 0.6) is 5.88 Å². The van der Waals surface area contributed by atoms with Crippen molar-refractivity contribution in [3.8, 4) is 5.88 Å². The molecule has 0 saturated carbocycles. The molecule has 2 aromatic heterocycles. The van der Waals surface area contributed by atoms with Crippen molar-refractivity contribution >= 4 is 11.6 Å². The normalized spacial score (nSPS) is 19.9. The Bertz CT molecular complexity index is 753. The van der Waals surface area contributed by atoms with Crippen LogP contribution in [-0.2, 0) is 4.79 Å². The van der Waals surface area contributed by atoms with Gasteiger partial charge in [-0.05, 0) is 38.4 Å². The van der Waals surface area contributed by atoms with Crippen LogP contribution < -0.4 is 4.74 Å². The number of carbonyl (C=O) groups is 1. The molecular weight excluding hydrogens is 320 g/mol. The summed E-state index contributed by atoms with van der Waals surface area (Å²) in [5.41, 5.74) is 0.755. The number of carbonyl (C=O) groups excluding carboxylic acids is 1. The van der Waals surface area contributed by atoms with Crippen molar-refractivity contribution in [1.29, 1.82) is 0 Å². The molecule has 25 heavy (non-hydrogen) atoms. The SMILES string of the molecule is COc1ccc2nnc(C3CCN(CCN4CCCC4=O)CC3)n2n1. The van der Waals surface area contributed by atoms with Crippen LogP contribution in [0, 0.1) is 0 Å². The van der Waals surface area contributed by atoms with Crippen molar-refractivity contribution in [2.45, 2.75) is 31.6 Å². The number of hydrogen-bond donors (Lipinski definition) is 0. The number of amides is 1. The highest BCUT2D eigenvalue weighted by Gasteiger charge is 2.26. The molecule has 4 rings (SSSR count). The van der Waals surface area contributed by atoms with Gasteiger partial charge in [0.2, 0.25) is 11.8 Å². The van der Waals surface area contributed by atoms with Gasteiger partial charge in [0.1, 0.15) is 0 Å². The number of likely N-dealkylation sites (tertiary alicyclic amines) is 2. The molecule has 0 N–H and O–H groups in total. The van der Waals surface area contributed by atoms with Gasteiger partial charge in [0.25, 0.3) is 0 Å². The second kappa shape index (κ2) is 6.95. The summed E-state index contributed by atoms with van der Waals surface area (Å²) in [6, 6.07) is 3.68. The van der Waals surface area contributed by atoms with Gasteiger partial charge < -0.3 is 14.5 Å². The quantitative estimate of drug-likeness (QED) is 0.803. The first-order valence-corrected chi connectivity index (χ1v) is 9.01. The summed E-state index contributed by atoms with van der Waals surface area (Å²) in [6.45, 7) is 4.78. The van der Waals surface area contributed by atoms with E-state index in [-0.39, 0.29) is 0 Å². The molecule has 2 aliphatic rings. The molecule has 8 heteroatoms. The highest BCUT2D eigenvalue weighted by atomic mass is 16.5.